The Labute approximate surface area is 163 Å². The van der Waals surface area contributed by atoms with Crippen molar-refractivity contribution in [1.82, 2.24) is 15.5 Å². The maximum atomic E-state index is 12.9. The van der Waals surface area contributed by atoms with E-state index in [0.717, 1.165) is 43.1 Å². The van der Waals surface area contributed by atoms with Crippen LogP contribution in [0, 0.1) is 0 Å². The van der Waals surface area contributed by atoms with Crippen LogP contribution < -0.4 is 15.5 Å². The average Bonchev–Trinajstić information content (AvgIpc) is 2.93. The second-order valence-corrected chi connectivity index (χ2v) is 7.52. The summed E-state index contributed by atoms with van der Waals surface area (Å²) < 4.78 is 0. The van der Waals surface area contributed by atoms with Gasteiger partial charge in [-0.1, -0.05) is 6.92 Å². The highest BCUT2D eigenvalue weighted by Crippen LogP contribution is 2.31. The maximum absolute atomic E-state index is 12.9. The summed E-state index contributed by atoms with van der Waals surface area (Å²) in [5.74, 6) is -1.89. The summed E-state index contributed by atoms with van der Waals surface area (Å²) in [5.41, 5.74) is 1.56. The van der Waals surface area contributed by atoms with Gasteiger partial charge in [-0.25, -0.2) is 0 Å². The molecule has 0 aromatic heterocycles. The SMILES string of the molecule is CCNC1CCCN(c2ccc3c(c2)C(=O)N(C2CCC(=O)NC2=O)C3=O)C1. The number of nitrogens with one attached hydrogen (secondary N) is 2. The fourth-order valence-corrected chi connectivity index (χ4v) is 4.32. The number of anilines is 1. The zero-order valence-corrected chi connectivity index (χ0v) is 15.9. The van der Waals surface area contributed by atoms with Crippen molar-refractivity contribution in [2.24, 2.45) is 0 Å². The normalized spacial score (nSPS) is 25.2. The van der Waals surface area contributed by atoms with Gasteiger partial charge in [-0.3, -0.25) is 29.4 Å². The average molecular weight is 384 g/mol. The van der Waals surface area contributed by atoms with Crippen LogP contribution in [0.5, 0.6) is 0 Å². The number of benzene rings is 1. The molecule has 3 aliphatic heterocycles. The van der Waals surface area contributed by atoms with Crippen LogP contribution in [-0.2, 0) is 9.59 Å². The lowest BCUT2D eigenvalue weighted by Gasteiger charge is -2.35. The topological polar surface area (TPSA) is 98.8 Å². The second kappa shape index (κ2) is 7.35. The van der Waals surface area contributed by atoms with E-state index in [4.69, 9.17) is 0 Å². The van der Waals surface area contributed by atoms with E-state index < -0.39 is 23.8 Å². The molecule has 3 aliphatic rings. The van der Waals surface area contributed by atoms with Gasteiger partial charge in [0.2, 0.25) is 11.8 Å². The van der Waals surface area contributed by atoms with E-state index in [9.17, 15) is 19.2 Å². The second-order valence-electron chi connectivity index (χ2n) is 7.52. The van der Waals surface area contributed by atoms with Gasteiger partial charge < -0.3 is 10.2 Å². The molecule has 28 heavy (non-hydrogen) atoms. The minimum Gasteiger partial charge on any atom is -0.370 e. The van der Waals surface area contributed by atoms with Gasteiger partial charge in [-0.15, -0.1) is 0 Å². The standard InChI is InChI=1S/C20H24N4O4/c1-2-21-12-4-3-9-23(11-12)13-5-6-14-15(10-13)20(28)24(19(14)27)16-7-8-17(25)22-18(16)26/h5-6,10,12,16,21H,2-4,7-9,11H2,1H3,(H,22,25,26). The van der Waals surface area contributed by atoms with E-state index in [1.807, 2.05) is 6.07 Å². The van der Waals surface area contributed by atoms with Crippen molar-refractivity contribution in [3.63, 3.8) is 0 Å². The Hall–Kier alpha value is -2.74. The molecule has 0 saturated carbocycles. The maximum Gasteiger partial charge on any atom is 0.262 e. The van der Waals surface area contributed by atoms with Gasteiger partial charge in [0.1, 0.15) is 6.04 Å². The third kappa shape index (κ3) is 3.17. The Balaban J connectivity index is 1.57. The van der Waals surface area contributed by atoms with Gasteiger partial charge in [-0.05, 0) is 44.0 Å². The fraction of sp³-hybridized carbons (Fsp3) is 0.500. The lowest BCUT2D eigenvalue weighted by molar-refractivity contribution is -0.136. The third-order valence-corrected chi connectivity index (χ3v) is 5.70. The first-order valence-electron chi connectivity index (χ1n) is 9.83. The summed E-state index contributed by atoms with van der Waals surface area (Å²) in [6, 6.07) is 4.78. The quantitative estimate of drug-likeness (QED) is 0.741. The Morgan fingerprint density at radius 3 is 2.64 bits per heavy atom. The van der Waals surface area contributed by atoms with E-state index >= 15 is 0 Å². The number of nitrogens with zero attached hydrogens (tertiary/aromatic N) is 2. The summed E-state index contributed by atoms with van der Waals surface area (Å²) in [4.78, 5) is 52.5. The van der Waals surface area contributed by atoms with Gasteiger partial charge in [-0.2, -0.15) is 0 Å². The minimum absolute atomic E-state index is 0.120. The number of carbonyl (C=O) groups is 4. The molecule has 0 aliphatic carbocycles. The smallest absolute Gasteiger partial charge is 0.262 e. The van der Waals surface area contributed by atoms with E-state index in [-0.39, 0.29) is 18.7 Å². The molecular formula is C20H24N4O4. The lowest BCUT2D eigenvalue weighted by atomic mass is 10.0. The number of piperidine rings is 2. The predicted molar refractivity (Wildman–Crippen MR) is 102 cm³/mol. The Morgan fingerprint density at radius 2 is 1.89 bits per heavy atom. The molecule has 3 heterocycles. The van der Waals surface area contributed by atoms with Gasteiger partial charge in [0.15, 0.2) is 0 Å². The molecule has 2 saturated heterocycles. The number of likely N-dealkylation sites (N-methyl/N-ethyl adjacent to an activating group) is 1. The lowest BCUT2D eigenvalue weighted by Crippen LogP contribution is -2.54. The van der Waals surface area contributed by atoms with Crippen LogP contribution in [0.1, 0.15) is 53.3 Å². The summed E-state index contributed by atoms with van der Waals surface area (Å²) in [6.45, 7) is 4.75. The minimum atomic E-state index is -0.929. The molecule has 1 aromatic rings. The first kappa shape index (κ1) is 18.6. The summed E-state index contributed by atoms with van der Waals surface area (Å²) >= 11 is 0. The summed E-state index contributed by atoms with van der Waals surface area (Å²) in [6.07, 6.45) is 2.47. The molecule has 4 rings (SSSR count). The molecule has 148 valence electrons. The van der Waals surface area contributed by atoms with Crippen LogP contribution in [0.4, 0.5) is 5.69 Å². The number of carbonyl (C=O) groups excluding carboxylic acids is 4. The number of fused-ring (bicyclic) bond motifs is 1. The molecule has 1 aromatic carbocycles. The van der Waals surface area contributed by atoms with Crippen LogP contribution in [0.25, 0.3) is 0 Å². The Morgan fingerprint density at radius 1 is 1.11 bits per heavy atom. The van der Waals surface area contributed by atoms with E-state index in [1.165, 1.54) is 0 Å². The zero-order chi connectivity index (χ0) is 19.8. The third-order valence-electron chi connectivity index (χ3n) is 5.70. The van der Waals surface area contributed by atoms with Crippen molar-refractivity contribution in [3.05, 3.63) is 29.3 Å². The van der Waals surface area contributed by atoms with Crippen LogP contribution >= 0.6 is 0 Å². The van der Waals surface area contributed by atoms with Crippen molar-refractivity contribution in [2.75, 3.05) is 24.5 Å². The summed E-state index contributed by atoms with van der Waals surface area (Å²) in [5, 5.41) is 5.68. The fourth-order valence-electron chi connectivity index (χ4n) is 4.32. The number of imide groups is 2. The highest BCUT2D eigenvalue weighted by Gasteiger charge is 2.44. The number of hydrogen-bond acceptors (Lipinski definition) is 6. The Kier molecular flexibility index (Phi) is 4.89. The van der Waals surface area contributed by atoms with Gasteiger partial charge >= 0.3 is 0 Å². The molecule has 4 amide bonds. The monoisotopic (exact) mass is 384 g/mol. The predicted octanol–water partition coefficient (Wildman–Crippen LogP) is 0.666. The van der Waals surface area contributed by atoms with Crippen molar-refractivity contribution < 1.29 is 19.2 Å². The summed E-state index contributed by atoms with van der Waals surface area (Å²) in [7, 11) is 0. The molecule has 2 atom stereocenters. The van der Waals surface area contributed by atoms with Crippen LogP contribution in [-0.4, -0.2) is 60.2 Å². The molecule has 8 heteroatoms. The molecule has 8 nitrogen and oxygen atoms in total. The zero-order valence-electron chi connectivity index (χ0n) is 15.9. The Bertz CT molecular complexity index is 851. The van der Waals surface area contributed by atoms with Crippen molar-refractivity contribution in [3.8, 4) is 0 Å². The molecule has 0 spiro atoms. The number of amides is 4. The van der Waals surface area contributed by atoms with E-state index in [2.05, 4.69) is 22.5 Å². The molecule has 2 unspecified atom stereocenters. The van der Waals surface area contributed by atoms with Crippen molar-refractivity contribution in [1.29, 1.82) is 0 Å². The van der Waals surface area contributed by atoms with Crippen molar-refractivity contribution >= 4 is 29.3 Å². The van der Waals surface area contributed by atoms with Crippen LogP contribution in [0.15, 0.2) is 18.2 Å². The first-order chi connectivity index (χ1) is 13.5. The highest BCUT2D eigenvalue weighted by atomic mass is 16.2. The molecule has 0 bridgehead atoms. The van der Waals surface area contributed by atoms with Gasteiger partial charge in [0.05, 0.1) is 11.1 Å². The molecule has 2 N–H and O–H groups in total. The molecule has 0 radical (unpaired) electrons. The van der Waals surface area contributed by atoms with Gasteiger partial charge in [0.25, 0.3) is 11.8 Å². The van der Waals surface area contributed by atoms with E-state index in [1.54, 1.807) is 12.1 Å². The largest absolute Gasteiger partial charge is 0.370 e. The highest BCUT2D eigenvalue weighted by molar-refractivity contribution is 6.23. The molecule has 2 fully saturated rings. The van der Waals surface area contributed by atoms with E-state index in [0.29, 0.717) is 17.2 Å². The molecular weight excluding hydrogens is 360 g/mol. The van der Waals surface area contributed by atoms with Crippen LogP contribution in [0.3, 0.4) is 0 Å². The van der Waals surface area contributed by atoms with Crippen LogP contribution in [0.2, 0.25) is 0 Å². The first-order valence-corrected chi connectivity index (χ1v) is 9.83. The number of hydrogen-bond donors (Lipinski definition) is 2. The van der Waals surface area contributed by atoms with Gasteiger partial charge in [0, 0.05) is 31.2 Å². The van der Waals surface area contributed by atoms with Crippen molar-refractivity contribution in [2.45, 2.75) is 44.7 Å². The number of rotatable bonds is 4.